The molecule has 2 aromatic carbocycles. The minimum Gasteiger partial charge on any atom is -0.458 e. The number of sulfone groups is 1. The van der Waals surface area contributed by atoms with Gasteiger partial charge in [0.25, 0.3) is 0 Å². The van der Waals surface area contributed by atoms with Gasteiger partial charge in [0.15, 0.2) is 15.6 Å². The van der Waals surface area contributed by atoms with Gasteiger partial charge < -0.3 is 4.74 Å². The number of nitriles is 1. The maximum absolute atomic E-state index is 14.9. The van der Waals surface area contributed by atoms with Crippen LogP contribution in [0.15, 0.2) is 47.4 Å². The fourth-order valence-corrected chi connectivity index (χ4v) is 6.54. The van der Waals surface area contributed by atoms with Gasteiger partial charge in [-0.15, -0.1) is 0 Å². The van der Waals surface area contributed by atoms with E-state index in [2.05, 4.69) is 6.07 Å². The number of hydrogen-bond acceptors (Lipinski definition) is 6. The molecule has 1 saturated heterocycles. The van der Waals surface area contributed by atoms with Crippen molar-refractivity contribution < 1.29 is 27.1 Å². The molecule has 2 unspecified atom stereocenters. The quantitative estimate of drug-likeness (QED) is 0.335. The zero-order chi connectivity index (χ0) is 27.7. The molecule has 0 bridgehead atoms. The first-order valence-electron chi connectivity index (χ1n) is 13.1. The van der Waals surface area contributed by atoms with E-state index in [1.165, 1.54) is 18.2 Å². The summed E-state index contributed by atoms with van der Waals surface area (Å²) in [7, 11) is -3.42. The Bertz CT molecular complexity index is 1370. The Kier molecular flexibility index (Phi) is 7.81. The molecule has 0 spiro atoms. The normalized spacial score (nSPS) is 22.8. The summed E-state index contributed by atoms with van der Waals surface area (Å²) in [6, 6.07) is 13.3. The van der Waals surface area contributed by atoms with Crippen molar-refractivity contribution in [3.63, 3.8) is 0 Å². The van der Waals surface area contributed by atoms with Crippen molar-refractivity contribution in [3.05, 3.63) is 65.0 Å². The number of Topliss-reactive ketones (excluding diaryl/α,β-unsaturated/α-hetero) is 1. The highest BCUT2D eigenvalue weighted by Crippen LogP contribution is 2.45. The number of cyclic esters (lactones) is 1. The minimum atomic E-state index is -3.42. The molecule has 4 rings (SSSR count). The lowest BCUT2D eigenvalue weighted by Gasteiger charge is -2.43. The van der Waals surface area contributed by atoms with E-state index in [9.17, 15) is 27.7 Å². The van der Waals surface area contributed by atoms with Crippen molar-refractivity contribution in [1.82, 2.24) is 0 Å². The third kappa shape index (κ3) is 5.83. The zero-order valence-corrected chi connectivity index (χ0v) is 22.9. The Hall–Kier alpha value is -3.05. The molecule has 0 amide bonds. The fraction of sp³-hybridized carbons (Fsp3) is 0.500. The van der Waals surface area contributed by atoms with Crippen LogP contribution >= 0.6 is 0 Å². The van der Waals surface area contributed by atoms with E-state index in [4.69, 9.17) is 4.74 Å². The fourth-order valence-electron chi connectivity index (χ4n) is 5.85. The monoisotopic (exact) mass is 539 g/mol. The standard InChI is InChI=1S/C30H34FNO5S/c1-29(2,19-32)25-12-11-20(17-26(25)31)13-14-30(22-8-4-5-9-22)18-27(33)24(28(34)37-30)16-21-7-6-10-23(15-21)38(3,35)36/h6-7,10-12,15,17,22,24H,4-5,8-9,13-14,16,18H2,1-3H3. The number of ether oxygens (including phenoxy) is 1. The smallest absolute Gasteiger partial charge is 0.317 e. The number of esters is 1. The van der Waals surface area contributed by atoms with E-state index in [1.54, 1.807) is 38.1 Å². The lowest BCUT2D eigenvalue weighted by Crippen LogP contribution is -2.52. The predicted molar refractivity (Wildman–Crippen MR) is 141 cm³/mol. The van der Waals surface area contributed by atoms with Gasteiger partial charge in [-0.05, 0) is 81.2 Å². The Morgan fingerprint density at radius 2 is 1.82 bits per heavy atom. The summed E-state index contributed by atoms with van der Waals surface area (Å²) in [5.74, 6) is -2.14. The molecule has 1 aliphatic carbocycles. The van der Waals surface area contributed by atoms with E-state index in [-0.39, 0.29) is 29.4 Å². The highest BCUT2D eigenvalue weighted by molar-refractivity contribution is 7.90. The van der Waals surface area contributed by atoms with Gasteiger partial charge in [-0.2, -0.15) is 5.26 Å². The molecule has 1 heterocycles. The highest BCUT2D eigenvalue weighted by Gasteiger charge is 2.51. The third-order valence-corrected chi connectivity index (χ3v) is 9.25. The van der Waals surface area contributed by atoms with Gasteiger partial charge in [0.1, 0.15) is 17.3 Å². The summed E-state index contributed by atoms with van der Waals surface area (Å²) in [6.45, 7) is 3.34. The molecule has 38 heavy (non-hydrogen) atoms. The summed E-state index contributed by atoms with van der Waals surface area (Å²) in [5.41, 5.74) is -0.240. The number of nitrogens with zero attached hydrogens (tertiary/aromatic N) is 1. The Morgan fingerprint density at radius 3 is 2.42 bits per heavy atom. The first kappa shape index (κ1) is 28.0. The summed E-state index contributed by atoms with van der Waals surface area (Å²) in [6.07, 6.45) is 5.89. The molecule has 1 aliphatic heterocycles. The molecule has 0 aromatic heterocycles. The van der Waals surface area contributed by atoms with Crippen molar-refractivity contribution in [2.75, 3.05) is 6.26 Å². The first-order valence-corrected chi connectivity index (χ1v) is 15.0. The molecular formula is C30H34FNO5S. The second-order valence-corrected chi connectivity index (χ2v) is 13.4. The molecule has 1 saturated carbocycles. The molecule has 6 nitrogen and oxygen atoms in total. The van der Waals surface area contributed by atoms with Crippen molar-refractivity contribution in [2.24, 2.45) is 11.8 Å². The number of carbonyl (C=O) groups is 2. The van der Waals surface area contributed by atoms with Gasteiger partial charge in [-0.3, -0.25) is 9.59 Å². The Balaban J connectivity index is 1.54. The minimum absolute atomic E-state index is 0.0616. The van der Waals surface area contributed by atoms with Gasteiger partial charge in [-0.25, -0.2) is 12.8 Å². The van der Waals surface area contributed by atoms with Crippen molar-refractivity contribution >= 4 is 21.6 Å². The Morgan fingerprint density at radius 1 is 1.11 bits per heavy atom. The molecule has 0 N–H and O–H groups in total. The van der Waals surface area contributed by atoms with Crippen molar-refractivity contribution in [3.8, 4) is 6.07 Å². The summed E-state index contributed by atoms with van der Waals surface area (Å²) in [5, 5.41) is 9.36. The summed E-state index contributed by atoms with van der Waals surface area (Å²) >= 11 is 0. The second-order valence-electron chi connectivity index (χ2n) is 11.3. The second kappa shape index (κ2) is 10.6. The maximum Gasteiger partial charge on any atom is 0.317 e. The number of halogens is 1. The summed E-state index contributed by atoms with van der Waals surface area (Å²) in [4.78, 5) is 26.8. The number of rotatable bonds is 8. The molecule has 202 valence electrons. The van der Waals surface area contributed by atoms with Crippen LogP contribution in [-0.2, 0) is 42.4 Å². The van der Waals surface area contributed by atoms with Crippen LogP contribution in [0.25, 0.3) is 0 Å². The highest BCUT2D eigenvalue weighted by atomic mass is 32.2. The maximum atomic E-state index is 14.9. The summed E-state index contributed by atoms with van der Waals surface area (Å²) < 4.78 is 44.9. The average Bonchev–Trinajstić information content (AvgIpc) is 3.40. The van der Waals surface area contributed by atoms with E-state index in [0.29, 0.717) is 24.0 Å². The third-order valence-electron chi connectivity index (χ3n) is 8.14. The van der Waals surface area contributed by atoms with Crippen LogP contribution in [0.2, 0.25) is 0 Å². The lowest BCUT2D eigenvalue weighted by atomic mass is 9.73. The molecule has 2 fully saturated rings. The zero-order valence-electron chi connectivity index (χ0n) is 22.1. The van der Waals surface area contributed by atoms with Gasteiger partial charge in [0.2, 0.25) is 0 Å². The van der Waals surface area contributed by atoms with Crippen LogP contribution in [0.3, 0.4) is 0 Å². The topological polar surface area (TPSA) is 101 Å². The van der Waals surface area contributed by atoms with Crippen LogP contribution in [-0.4, -0.2) is 32.0 Å². The molecule has 2 aliphatic rings. The number of ketones is 1. The van der Waals surface area contributed by atoms with Gasteiger partial charge in [0.05, 0.1) is 16.4 Å². The van der Waals surface area contributed by atoms with E-state index in [0.717, 1.165) is 37.5 Å². The van der Waals surface area contributed by atoms with Crippen LogP contribution in [0.5, 0.6) is 0 Å². The number of carbonyl (C=O) groups excluding carboxylic acids is 2. The van der Waals surface area contributed by atoms with Gasteiger partial charge in [-0.1, -0.05) is 37.1 Å². The molecule has 0 radical (unpaired) electrons. The SMILES string of the molecule is CC(C)(C#N)c1ccc(CCC2(C3CCCC3)CC(=O)C(Cc3cccc(S(C)(=O)=O)c3)C(=O)O2)cc1F. The van der Waals surface area contributed by atoms with Gasteiger partial charge >= 0.3 is 5.97 Å². The van der Waals surface area contributed by atoms with E-state index < -0.39 is 38.6 Å². The first-order chi connectivity index (χ1) is 17.8. The largest absolute Gasteiger partial charge is 0.458 e. The number of hydrogen-bond donors (Lipinski definition) is 0. The Labute approximate surface area is 224 Å². The van der Waals surface area contributed by atoms with Crippen LogP contribution < -0.4 is 0 Å². The lowest BCUT2D eigenvalue weighted by molar-refractivity contribution is -0.185. The van der Waals surface area contributed by atoms with E-state index >= 15 is 0 Å². The molecule has 8 heteroatoms. The predicted octanol–water partition coefficient (Wildman–Crippen LogP) is 5.27. The van der Waals surface area contributed by atoms with Crippen LogP contribution in [0, 0.1) is 29.0 Å². The van der Waals surface area contributed by atoms with Crippen molar-refractivity contribution in [1.29, 1.82) is 5.26 Å². The van der Waals surface area contributed by atoms with Crippen LogP contribution in [0.1, 0.15) is 69.1 Å². The molecule has 2 aromatic rings. The van der Waals surface area contributed by atoms with Crippen LogP contribution in [0.4, 0.5) is 4.39 Å². The average molecular weight is 540 g/mol. The van der Waals surface area contributed by atoms with Crippen molar-refractivity contribution in [2.45, 2.75) is 81.1 Å². The van der Waals surface area contributed by atoms with E-state index in [1.807, 2.05) is 0 Å². The molecular weight excluding hydrogens is 505 g/mol. The van der Waals surface area contributed by atoms with Gasteiger partial charge in [0, 0.05) is 18.2 Å². The number of benzene rings is 2. The number of aryl methyl sites for hydroxylation is 1. The molecule has 2 atom stereocenters.